The monoisotopic (exact) mass is 222 g/mol. The third-order valence-corrected chi connectivity index (χ3v) is 2.41. The maximum atomic E-state index is 11.2. The van der Waals surface area contributed by atoms with Crippen LogP contribution < -0.4 is 11.1 Å². The van der Waals surface area contributed by atoms with Gasteiger partial charge in [-0.1, -0.05) is 0 Å². The molecule has 1 atom stereocenters. The number of nitrogen functional groups attached to an aromatic ring is 1. The number of hydrogen-bond donors (Lipinski definition) is 3. The van der Waals surface area contributed by atoms with Crippen LogP contribution >= 0.6 is 0 Å². The molecule has 1 rings (SSSR count). The van der Waals surface area contributed by atoms with E-state index in [0.717, 1.165) is 5.69 Å². The van der Waals surface area contributed by atoms with Crippen molar-refractivity contribution in [3.8, 4) is 0 Å². The molecule has 0 aliphatic carbocycles. The Bertz CT molecular complexity index is 377. The van der Waals surface area contributed by atoms with Crippen molar-refractivity contribution >= 4 is 17.2 Å². The van der Waals surface area contributed by atoms with Gasteiger partial charge in [0.1, 0.15) is 0 Å². The van der Waals surface area contributed by atoms with E-state index in [9.17, 15) is 4.79 Å². The summed E-state index contributed by atoms with van der Waals surface area (Å²) in [5, 5.41) is 12.0. The molecule has 0 radical (unpaired) electrons. The van der Waals surface area contributed by atoms with Gasteiger partial charge in [-0.25, -0.2) is 0 Å². The number of benzene rings is 1. The molecule has 0 aromatic heterocycles. The first-order valence-electron chi connectivity index (χ1n) is 5.32. The van der Waals surface area contributed by atoms with Crippen molar-refractivity contribution < 1.29 is 9.90 Å². The summed E-state index contributed by atoms with van der Waals surface area (Å²) < 4.78 is 0. The predicted molar refractivity (Wildman–Crippen MR) is 65.6 cm³/mol. The Morgan fingerprint density at radius 3 is 2.75 bits per heavy atom. The first kappa shape index (κ1) is 12.5. The highest BCUT2D eigenvalue weighted by molar-refractivity contribution is 5.99. The van der Waals surface area contributed by atoms with Gasteiger partial charge < -0.3 is 16.2 Å². The molecule has 4 nitrogen and oxygen atoms in total. The number of carbonyl (C=O) groups is 1. The lowest BCUT2D eigenvalue weighted by molar-refractivity contribution is 0.101. The molecule has 16 heavy (non-hydrogen) atoms. The van der Waals surface area contributed by atoms with Gasteiger partial charge in [0, 0.05) is 29.6 Å². The lowest BCUT2D eigenvalue weighted by Crippen LogP contribution is -2.16. The first-order chi connectivity index (χ1) is 7.54. The highest BCUT2D eigenvalue weighted by Crippen LogP contribution is 2.19. The number of anilines is 2. The molecule has 1 aromatic carbocycles. The number of Topliss-reactive ketones (excluding diaryl/α,β-unsaturated/α-hetero) is 1. The average Bonchev–Trinajstić information content (AvgIpc) is 2.17. The van der Waals surface area contributed by atoms with Gasteiger partial charge >= 0.3 is 0 Å². The van der Waals surface area contributed by atoms with Crippen LogP contribution in [-0.4, -0.2) is 23.5 Å². The summed E-state index contributed by atoms with van der Waals surface area (Å²) in [7, 11) is 0. The van der Waals surface area contributed by atoms with Crippen LogP contribution in [0.3, 0.4) is 0 Å². The largest absolute Gasteiger partial charge is 0.398 e. The van der Waals surface area contributed by atoms with E-state index in [1.165, 1.54) is 6.92 Å². The lowest BCUT2D eigenvalue weighted by Gasteiger charge is -2.15. The molecule has 0 bridgehead atoms. The summed E-state index contributed by atoms with van der Waals surface area (Å²) in [6.07, 6.45) is 0.675. The minimum Gasteiger partial charge on any atom is -0.398 e. The third-order valence-electron chi connectivity index (χ3n) is 2.41. The molecule has 0 fully saturated rings. The smallest absolute Gasteiger partial charge is 0.161 e. The topological polar surface area (TPSA) is 75.3 Å². The Hall–Kier alpha value is -1.55. The molecule has 0 aliphatic rings. The van der Waals surface area contributed by atoms with Crippen molar-refractivity contribution in [3.63, 3.8) is 0 Å². The van der Waals surface area contributed by atoms with Crippen molar-refractivity contribution in [1.29, 1.82) is 0 Å². The summed E-state index contributed by atoms with van der Waals surface area (Å²) >= 11 is 0. The van der Waals surface area contributed by atoms with Crippen LogP contribution in [0.4, 0.5) is 11.4 Å². The highest BCUT2D eigenvalue weighted by atomic mass is 16.3. The van der Waals surface area contributed by atoms with Crippen molar-refractivity contribution in [2.75, 3.05) is 17.7 Å². The minimum absolute atomic E-state index is 0.0348. The van der Waals surface area contributed by atoms with Gasteiger partial charge in [0.15, 0.2) is 5.78 Å². The van der Waals surface area contributed by atoms with E-state index >= 15 is 0 Å². The van der Waals surface area contributed by atoms with Gasteiger partial charge in [-0.3, -0.25) is 4.79 Å². The molecule has 0 saturated carbocycles. The van der Waals surface area contributed by atoms with Crippen molar-refractivity contribution in [2.24, 2.45) is 0 Å². The fourth-order valence-corrected chi connectivity index (χ4v) is 1.52. The fourth-order valence-electron chi connectivity index (χ4n) is 1.52. The van der Waals surface area contributed by atoms with Gasteiger partial charge in [-0.05, 0) is 38.5 Å². The second-order valence-electron chi connectivity index (χ2n) is 3.92. The van der Waals surface area contributed by atoms with Crippen molar-refractivity contribution in [3.05, 3.63) is 23.8 Å². The zero-order valence-electron chi connectivity index (χ0n) is 9.66. The molecule has 1 unspecified atom stereocenters. The van der Waals surface area contributed by atoms with Crippen LogP contribution in [-0.2, 0) is 0 Å². The SMILES string of the molecule is CC(=O)c1ccc(NC(C)CCO)cc1N. The maximum absolute atomic E-state index is 11.2. The Balaban J connectivity index is 2.77. The van der Waals surface area contributed by atoms with Gasteiger partial charge in [-0.2, -0.15) is 0 Å². The Morgan fingerprint density at radius 2 is 2.25 bits per heavy atom. The van der Waals surface area contributed by atoms with Gasteiger partial charge in [0.2, 0.25) is 0 Å². The number of ketones is 1. The fraction of sp³-hybridized carbons (Fsp3) is 0.417. The van der Waals surface area contributed by atoms with E-state index < -0.39 is 0 Å². The van der Waals surface area contributed by atoms with E-state index in [2.05, 4.69) is 5.32 Å². The van der Waals surface area contributed by atoms with Gasteiger partial charge in [-0.15, -0.1) is 0 Å². The minimum atomic E-state index is -0.0348. The number of rotatable bonds is 5. The number of aliphatic hydroxyl groups excluding tert-OH is 1. The van der Waals surface area contributed by atoms with Crippen LogP contribution in [0.5, 0.6) is 0 Å². The number of nitrogens with one attached hydrogen (secondary N) is 1. The number of hydrogen-bond acceptors (Lipinski definition) is 4. The van der Waals surface area contributed by atoms with Crippen LogP contribution in [0.1, 0.15) is 30.6 Å². The summed E-state index contributed by atoms with van der Waals surface area (Å²) in [6.45, 7) is 3.62. The summed E-state index contributed by atoms with van der Waals surface area (Å²) in [5.41, 5.74) is 7.65. The Kier molecular flexibility index (Phi) is 4.31. The number of carbonyl (C=O) groups excluding carboxylic acids is 1. The molecule has 0 saturated heterocycles. The highest BCUT2D eigenvalue weighted by Gasteiger charge is 2.06. The summed E-state index contributed by atoms with van der Waals surface area (Å²) in [6, 6.07) is 5.45. The van der Waals surface area contributed by atoms with E-state index in [-0.39, 0.29) is 18.4 Å². The van der Waals surface area contributed by atoms with Crippen LogP contribution in [0.15, 0.2) is 18.2 Å². The quantitative estimate of drug-likeness (QED) is 0.523. The molecule has 88 valence electrons. The zero-order valence-corrected chi connectivity index (χ0v) is 9.66. The standard InChI is InChI=1S/C12H18N2O2/c1-8(5-6-15)14-10-3-4-11(9(2)16)12(13)7-10/h3-4,7-8,14-15H,5-6,13H2,1-2H3. The van der Waals surface area contributed by atoms with Gasteiger partial charge in [0.05, 0.1) is 0 Å². The van der Waals surface area contributed by atoms with E-state index in [0.29, 0.717) is 17.7 Å². The summed E-state index contributed by atoms with van der Waals surface area (Å²) in [4.78, 5) is 11.2. The number of nitrogens with two attached hydrogens (primary N) is 1. The van der Waals surface area contributed by atoms with Crippen LogP contribution in [0.2, 0.25) is 0 Å². The molecule has 0 spiro atoms. The van der Waals surface area contributed by atoms with E-state index in [1.54, 1.807) is 12.1 Å². The second-order valence-corrected chi connectivity index (χ2v) is 3.92. The third kappa shape index (κ3) is 3.24. The molecule has 4 N–H and O–H groups in total. The zero-order chi connectivity index (χ0) is 12.1. The number of aliphatic hydroxyl groups is 1. The average molecular weight is 222 g/mol. The lowest BCUT2D eigenvalue weighted by atomic mass is 10.1. The molecule has 1 aromatic rings. The molecule has 4 heteroatoms. The van der Waals surface area contributed by atoms with Crippen molar-refractivity contribution in [2.45, 2.75) is 26.3 Å². The molecular formula is C12H18N2O2. The normalized spacial score (nSPS) is 12.2. The predicted octanol–water partition coefficient (Wildman–Crippen LogP) is 1.65. The molecule has 0 aliphatic heterocycles. The molecule has 0 heterocycles. The Morgan fingerprint density at radius 1 is 1.56 bits per heavy atom. The van der Waals surface area contributed by atoms with E-state index in [1.807, 2.05) is 13.0 Å². The Labute approximate surface area is 95.5 Å². The van der Waals surface area contributed by atoms with Crippen molar-refractivity contribution in [1.82, 2.24) is 0 Å². The molecular weight excluding hydrogens is 204 g/mol. The van der Waals surface area contributed by atoms with Gasteiger partial charge in [0.25, 0.3) is 0 Å². The van der Waals surface area contributed by atoms with Crippen LogP contribution in [0.25, 0.3) is 0 Å². The van der Waals surface area contributed by atoms with Crippen LogP contribution in [0, 0.1) is 0 Å². The maximum Gasteiger partial charge on any atom is 0.161 e. The summed E-state index contributed by atoms with van der Waals surface area (Å²) in [5.74, 6) is -0.0348. The first-order valence-corrected chi connectivity index (χ1v) is 5.32. The molecule has 0 amide bonds. The van der Waals surface area contributed by atoms with E-state index in [4.69, 9.17) is 10.8 Å². The second kappa shape index (κ2) is 5.51.